The number of fused-ring (bicyclic) bond motifs is 1. The van der Waals surface area contributed by atoms with Crippen LogP contribution in [0.1, 0.15) is 35.8 Å². The van der Waals surface area contributed by atoms with E-state index in [0.29, 0.717) is 0 Å². The zero-order valence-electron chi connectivity index (χ0n) is 6.72. The molecular formula is C8H13N3. The fraction of sp³-hybridized carbons (Fsp3) is 0.625. The van der Waals surface area contributed by atoms with Crippen LogP contribution in [0, 0.1) is 6.92 Å². The van der Waals surface area contributed by atoms with Gasteiger partial charge in [-0.05, 0) is 26.2 Å². The molecule has 0 saturated carbocycles. The van der Waals surface area contributed by atoms with Gasteiger partial charge in [-0.3, -0.25) is 5.10 Å². The first-order valence-corrected chi connectivity index (χ1v) is 4.08. The lowest BCUT2D eigenvalue weighted by Gasteiger charge is -2.17. The van der Waals surface area contributed by atoms with E-state index in [-0.39, 0.29) is 6.04 Å². The van der Waals surface area contributed by atoms with Crippen molar-refractivity contribution in [3.8, 4) is 0 Å². The molecule has 1 aliphatic carbocycles. The van der Waals surface area contributed by atoms with Gasteiger partial charge in [0, 0.05) is 17.3 Å². The van der Waals surface area contributed by atoms with E-state index in [1.807, 2.05) is 6.92 Å². The van der Waals surface area contributed by atoms with Gasteiger partial charge < -0.3 is 5.73 Å². The molecule has 1 atom stereocenters. The molecule has 0 unspecified atom stereocenters. The van der Waals surface area contributed by atoms with Crippen molar-refractivity contribution in [3.05, 3.63) is 17.0 Å². The molecule has 0 bridgehead atoms. The lowest BCUT2D eigenvalue weighted by atomic mass is 9.92. The summed E-state index contributed by atoms with van der Waals surface area (Å²) in [6, 6.07) is 0.220. The van der Waals surface area contributed by atoms with Crippen molar-refractivity contribution in [1.82, 2.24) is 10.2 Å². The largest absolute Gasteiger partial charge is 0.324 e. The van der Waals surface area contributed by atoms with E-state index >= 15 is 0 Å². The van der Waals surface area contributed by atoms with Gasteiger partial charge >= 0.3 is 0 Å². The van der Waals surface area contributed by atoms with Gasteiger partial charge in [0.25, 0.3) is 0 Å². The second-order valence-corrected chi connectivity index (χ2v) is 3.21. The number of aromatic nitrogens is 2. The van der Waals surface area contributed by atoms with Crippen LogP contribution in [0.25, 0.3) is 0 Å². The summed E-state index contributed by atoms with van der Waals surface area (Å²) in [6.07, 6.45) is 3.37. The minimum Gasteiger partial charge on any atom is -0.324 e. The van der Waals surface area contributed by atoms with Gasteiger partial charge in [-0.25, -0.2) is 0 Å². The molecule has 60 valence electrons. The molecule has 3 N–H and O–H groups in total. The highest BCUT2D eigenvalue weighted by atomic mass is 15.1. The average molecular weight is 151 g/mol. The van der Waals surface area contributed by atoms with E-state index in [1.165, 1.54) is 17.7 Å². The fourth-order valence-corrected chi connectivity index (χ4v) is 1.80. The number of hydrogen-bond acceptors (Lipinski definition) is 2. The molecule has 0 radical (unpaired) electrons. The molecule has 0 aliphatic heterocycles. The van der Waals surface area contributed by atoms with Gasteiger partial charge in [-0.1, -0.05) is 0 Å². The van der Waals surface area contributed by atoms with Crippen molar-refractivity contribution < 1.29 is 0 Å². The van der Waals surface area contributed by atoms with E-state index in [9.17, 15) is 0 Å². The molecule has 0 amide bonds. The van der Waals surface area contributed by atoms with Crippen molar-refractivity contribution in [1.29, 1.82) is 0 Å². The number of H-pyrrole nitrogens is 1. The van der Waals surface area contributed by atoms with Gasteiger partial charge in [-0.2, -0.15) is 5.10 Å². The van der Waals surface area contributed by atoms with Crippen molar-refractivity contribution in [2.45, 2.75) is 32.2 Å². The van der Waals surface area contributed by atoms with Gasteiger partial charge in [0.15, 0.2) is 0 Å². The van der Waals surface area contributed by atoms with Crippen LogP contribution < -0.4 is 5.73 Å². The number of nitrogens with zero attached hydrogens (tertiary/aromatic N) is 1. The first-order chi connectivity index (χ1) is 5.29. The SMILES string of the molecule is Cc1[nH]nc2c1[C@@H](N)CCC2. The summed E-state index contributed by atoms with van der Waals surface area (Å²) in [5.74, 6) is 0. The van der Waals surface area contributed by atoms with Gasteiger partial charge in [0.05, 0.1) is 5.69 Å². The van der Waals surface area contributed by atoms with Crippen LogP contribution in [-0.2, 0) is 6.42 Å². The average Bonchev–Trinajstić information content (AvgIpc) is 2.34. The smallest absolute Gasteiger partial charge is 0.0672 e. The minimum atomic E-state index is 0.220. The Hall–Kier alpha value is -0.830. The third-order valence-electron chi connectivity index (χ3n) is 2.37. The van der Waals surface area contributed by atoms with Crippen LogP contribution >= 0.6 is 0 Å². The van der Waals surface area contributed by atoms with E-state index in [4.69, 9.17) is 5.73 Å². The molecule has 1 aromatic rings. The van der Waals surface area contributed by atoms with Crippen molar-refractivity contribution in [2.75, 3.05) is 0 Å². The topological polar surface area (TPSA) is 54.7 Å². The molecule has 3 heteroatoms. The monoisotopic (exact) mass is 151 g/mol. The summed E-state index contributed by atoms with van der Waals surface area (Å²) in [5, 5.41) is 7.18. The predicted octanol–water partition coefficient (Wildman–Crippen LogP) is 1.05. The molecule has 0 fully saturated rings. The summed E-state index contributed by atoms with van der Waals surface area (Å²) in [5.41, 5.74) is 9.52. The summed E-state index contributed by atoms with van der Waals surface area (Å²) in [6.45, 7) is 2.04. The number of hydrogen-bond donors (Lipinski definition) is 2. The highest BCUT2D eigenvalue weighted by Crippen LogP contribution is 2.28. The van der Waals surface area contributed by atoms with E-state index in [1.54, 1.807) is 0 Å². The second kappa shape index (κ2) is 2.34. The Bertz CT molecular complexity index is 264. The highest BCUT2D eigenvalue weighted by molar-refractivity contribution is 5.29. The van der Waals surface area contributed by atoms with Gasteiger partial charge in [0.2, 0.25) is 0 Å². The van der Waals surface area contributed by atoms with E-state index in [0.717, 1.165) is 18.5 Å². The summed E-state index contributed by atoms with van der Waals surface area (Å²) < 4.78 is 0. The number of rotatable bonds is 0. The van der Waals surface area contributed by atoms with Crippen LogP contribution in [0.4, 0.5) is 0 Å². The summed E-state index contributed by atoms with van der Waals surface area (Å²) in [4.78, 5) is 0. The van der Waals surface area contributed by atoms with Gasteiger partial charge in [0.1, 0.15) is 0 Å². The number of nitrogens with one attached hydrogen (secondary N) is 1. The van der Waals surface area contributed by atoms with Crippen LogP contribution in [-0.4, -0.2) is 10.2 Å². The molecular weight excluding hydrogens is 138 g/mol. The van der Waals surface area contributed by atoms with Crippen molar-refractivity contribution in [3.63, 3.8) is 0 Å². The van der Waals surface area contributed by atoms with Crippen LogP contribution in [0.15, 0.2) is 0 Å². The molecule has 1 aromatic heterocycles. The van der Waals surface area contributed by atoms with Crippen LogP contribution in [0.5, 0.6) is 0 Å². The minimum absolute atomic E-state index is 0.220. The lowest BCUT2D eigenvalue weighted by Crippen LogP contribution is -2.17. The second-order valence-electron chi connectivity index (χ2n) is 3.21. The zero-order chi connectivity index (χ0) is 7.84. The maximum absolute atomic E-state index is 5.93. The first kappa shape index (κ1) is 6.85. The molecule has 11 heavy (non-hydrogen) atoms. The van der Waals surface area contributed by atoms with Crippen LogP contribution in [0.3, 0.4) is 0 Å². The third-order valence-corrected chi connectivity index (χ3v) is 2.37. The molecule has 1 heterocycles. The maximum Gasteiger partial charge on any atom is 0.0672 e. The Balaban J connectivity index is 2.48. The molecule has 2 rings (SSSR count). The van der Waals surface area contributed by atoms with Crippen LogP contribution in [0.2, 0.25) is 0 Å². The Morgan fingerprint density at radius 2 is 2.45 bits per heavy atom. The van der Waals surface area contributed by atoms with Gasteiger partial charge in [-0.15, -0.1) is 0 Å². The first-order valence-electron chi connectivity index (χ1n) is 4.08. The fourth-order valence-electron chi connectivity index (χ4n) is 1.80. The number of aryl methyl sites for hydroxylation is 2. The normalized spacial score (nSPS) is 23.3. The Morgan fingerprint density at radius 3 is 3.18 bits per heavy atom. The Kier molecular flexibility index (Phi) is 1.46. The summed E-state index contributed by atoms with van der Waals surface area (Å²) in [7, 11) is 0. The van der Waals surface area contributed by atoms with Crippen molar-refractivity contribution in [2.24, 2.45) is 5.73 Å². The summed E-state index contributed by atoms with van der Waals surface area (Å²) >= 11 is 0. The quantitative estimate of drug-likeness (QED) is 0.582. The van der Waals surface area contributed by atoms with Crippen molar-refractivity contribution >= 4 is 0 Å². The highest BCUT2D eigenvalue weighted by Gasteiger charge is 2.20. The molecule has 1 aliphatic rings. The molecule has 0 aromatic carbocycles. The predicted molar refractivity (Wildman–Crippen MR) is 43.2 cm³/mol. The third kappa shape index (κ3) is 0.959. The standard InChI is InChI=1S/C8H13N3/c1-5-8-6(9)3-2-4-7(8)11-10-5/h6H,2-4,9H2,1H3,(H,10,11)/t6-/m0/s1. The molecule has 3 nitrogen and oxygen atoms in total. The Labute approximate surface area is 66.0 Å². The van der Waals surface area contributed by atoms with E-state index in [2.05, 4.69) is 10.2 Å². The molecule has 0 spiro atoms. The number of nitrogens with two attached hydrogens (primary N) is 1. The lowest BCUT2D eigenvalue weighted by molar-refractivity contribution is 0.564. The Morgan fingerprint density at radius 1 is 1.64 bits per heavy atom. The molecule has 0 saturated heterocycles. The zero-order valence-corrected chi connectivity index (χ0v) is 6.72. The number of aromatic amines is 1. The maximum atomic E-state index is 5.93. The van der Waals surface area contributed by atoms with E-state index < -0.39 is 0 Å².